The van der Waals surface area contributed by atoms with Crippen molar-refractivity contribution < 1.29 is 32.3 Å². The largest absolute Gasteiger partial charge is 0.491 e. The molecule has 1 aliphatic heterocycles. The van der Waals surface area contributed by atoms with E-state index in [4.69, 9.17) is 5.73 Å². The van der Waals surface area contributed by atoms with Gasteiger partial charge in [-0.1, -0.05) is 17.8 Å². The number of amides is 1. The zero-order valence-corrected chi connectivity index (χ0v) is 11.8. The van der Waals surface area contributed by atoms with Crippen molar-refractivity contribution in [1.29, 1.82) is 0 Å². The van der Waals surface area contributed by atoms with Crippen molar-refractivity contribution in [3.63, 3.8) is 0 Å². The van der Waals surface area contributed by atoms with Gasteiger partial charge < -0.3 is 10.5 Å². The normalized spacial score (nSPS) is 18.3. The molecule has 9 heteroatoms. The van der Waals surface area contributed by atoms with Crippen LogP contribution in [0.25, 0.3) is 0 Å². The number of rotatable bonds is 3. The van der Waals surface area contributed by atoms with Crippen LogP contribution in [0.5, 0.6) is 5.75 Å². The van der Waals surface area contributed by atoms with Gasteiger partial charge in [0.1, 0.15) is 5.75 Å². The number of primary amides is 1. The average molecular weight is 333 g/mol. The molecule has 118 valence electrons. The highest BCUT2D eigenvalue weighted by molar-refractivity contribution is 8.14. The third kappa shape index (κ3) is 3.24. The Balaban J connectivity index is 2.49. The molecule has 0 radical (unpaired) electrons. The van der Waals surface area contributed by atoms with Crippen molar-refractivity contribution in [3.05, 3.63) is 29.3 Å². The Bertz CT molecular complexity index is 645. The average Bonchev–Trinajstić information content (AvgIpc) is 2.83. The van der Waals surface area contributed by atoms with E-state index in [0.29, 0.717) is 12.2 Å². The molecular weight excluding hydrogens is 323 g/mol. The number of thioether (sulfide) groups is 1. The monoisotopic (exact) mass is 333 g/mol. The molecular formula is C13H10F3NO4S. The second-order valence-corrected chi connectivity index (χ2v) is 5.58. The molecule has 0 spiro atoms. The first-order chi connectivity index (χ1) is 10.2. The lowest BCUT2D eigenvalue weighted by Crippen LogP contribution is -2.29. The molecule has 1 heterocycles. The number of hydrogen-bond donors (Lipinski definition) is 1. The van der Waals surface area contributed by atoms with Gasteiger partial charge in [0.2, 0.25) is 5.91 Å². The first kappa shape index (κ1) is 16.3. The summed E-state index contributed by atoms with van der Waals surface area (Å²) in [5.41, 5.74) is 5.00. The predicted octanol–water partition coefficient (Wildman–Crippen LogP) is 2.00. The van der Waals surface area contributed by atoms with Gasteiger partial charge in [0.15, 0.2) is 5.12 Å². The maximum atomic E-state index is 12.3. The number of nitrogens with two attached hydrogens (primary N) is 1. The van der Waals surface area contributed by atoms with Gasteiger partial charge in [-0.2, -0.15) is 13.2 Å². The summed E-state index contributed by atoms with van der Waals surface area (Å²) < 4.78 is 41.4. The van der Waals surface area contributed by atoms with Crippen LogP contribution in [0.3, 0.4) is 0 Å². The predicted molar refractivity (Wildman–Crippen MR) is 71.5 cm³/mol. The van der Waals surface area contributed by atoms with Gasteiger partial charge in [-0.25, -0.2) is 4.79 Å². The maximum Gasteiger partial charge on any atom is 0.491 e. The van der Waals surface area contributed by atoms with E-state index in [0.717, 1.165) is 17.8 Å². The Morgan fingerprint density at radius 1 is 1.32 bits per heavy atom. The highest BCUT2D eigenvalue weighted by atomic mass is 32.2. The summed E-state index contributed by atoms with van der Waals surface area (Å²) in [5, 5.41) is -0.307. The highest BCUT2D eigenvalue weighted by Crippen LogP contribution is 2.40. The summed E-state index contributed by atoms with van der Waals surface area (Å²) in [6, 6.07) is 3.61. The van der Waals surface area contributed by atoms with Gasteiger partial charge >= 0.3 is 12.1 Å². The Hall–Kier alpha value is -2.03. The van der Waals surface area contributed by atoms with E-state index in [1.54, 1.807) is 0 Å². The second kappa shape index (κ2) is 5.99. The number of carbonyl (C=O) groups is 3. The van der Waals surface area contributed by atoms with E-state index in [1.165, 1.54) is 12.1 Å². The smallest absolute Gasteiger partial charge is 0.420 e. The van der Waals surface area contributed by atoms with Crippen molar-refractivity contribution in [2.24, 2.45) is 5.73 Å². The number of halogens is 3. The minimum absolute atomic E-state index is 0.0670. The molecule has 1 atom stereocenters. The molecule has 5 nitrogen and oxygen atoms in total. The van der Waals surface area contributed by atoms with E-state index in [9.17, 15) is 27.6 Å². The van der Waals surface area contributed by atoms with Gasteiger partial charge in [-0.3, -0.25) is 9.59 Å². The molecule has 0 aliphatic carbocycles. The quantitative estimate of drug-likeness (QED) is 0.675. The van der Waals surface area contributed by atoms with Gasteiger partial charge in [0.25, 0.3) is 0 Å². The minimum Gasteiger partial charge on any atom is -0.420 e. The van der Waals surface area contributed by atoms with Gasteiger partial charge in [0, 0.05) is 16.9 Å². The van der Waals surface area contributed by atoms with Crippen LogP contribution in [0.1, 0.15) is 28.3 Å². The van der Waals surface area contributed by atoms with Crippen LogP contribution in [-0.4, -0.2) is 28.9 Å². The molecule has 22 heavy (non-hydrogen) atoms. The van der Waals surface area contributed by atoms with Gasteiger partial charge in [-0.05, 0) is 18.6 Å². The summed E-state index contributed by atoms with van der Waals surface area (Å²) in [4.78, 5) is 34.3. The molecule has 1 fully saturated rings. The summed E-state index contributed by atoms with van der Waals surface area (Å²) in [7, 11) is 0. The topological polar surface area (TPSA) is 86.5 Å². The maximum absolute atomic E-state index is 12.3. The SMILES string of the molecule is NC(=O)c1cccc(OC(=O)C(F)(F)F)c1[C@H]1CCSC1=O. The lowest BCUT2D eigenvalue weighted by atomic mass is 9.92. The van der Waals surface area contributed by atoms with Gasteiger partial charge in [-0.15, -0.1) is 0 Å². The first-order valence-electron chi connectivity index (χ1n) is 6.10. The lowest BCUT2D eigenvalue weighted by Gasteiger charge is -2.17. The fourth-order valence-electron chi connectivity index (χ4n) is 2.12. The number of hydrogen-bond acceptors (Lipinski definition) is 5. The van der Waals surface area contributed by atoms with E-state index < -0.39 is 29.7 Å². The van der Waals surface area contributed by atoms with Crippen molar-refractivity contribution in [2.45, 2.75) is 18.5 Å². The Labute approximate surface area is 127 Å². The van der Waals surface area contributed by atoms with Gasteiger partial charge in [0.05, 0.1) is 5.92 Å². The molecule has 1 amide bonds. The van der Waals surface area contributed by atoms with Crippen molar-refractivity contribution in [1.82, 2.24) is 0 Å². The molecule has 0 saturated carbocycles. The highest BCUT2D eigenvalue weighted by Gasteiger charge is 2.42. The number of benzene rings is 1. The van der Waals surface area contributed by atoms with Crippen molar-refractivity contribution in [2.75, 3.05) is 5.75 Å². The minimum atomic E-state index is -5.19. The van der Waals surface area contributed by atoms with Crippen molar-refractivity contribution in [3.8, 4) is 5.75 Å². The molecule has 1 aromatic rings. The molecule has 1 saturated heterocycles. The Morgan fingerprint density at radius 3 is 2.50 bits per heavy atom. The van der Waals surface area contributed by atoms with Crippen LogP contribution >= 0.6 is 11.8 Å². The molecule has 1 aromatic carbocycles. The number of carbonyl (C=O) groups excluding carboxylic acids is 3. The summed E-state index contributed by atoms with van der Waals surface area (Å²) in [6.45, 7) is 0. The van der Waals surface area contributed by atoms with Crippen LogP contribution in [0.2, 0.25) is 0 Å². The number of esters is 1. The summed E-state index contributed by atoms with van der Waals surface area (Å²) in [5.74, 6) is -4.18. The summed E-state index contributed by atoms with van der Waals surface area (Å²) in [6.07, 6.45) is -4.86. The lowest BCUT2D eigenvalue weighted by molar-refractivity contribution is -0.189. The fourth-order valence-corrected chi connectivity index (χ4v) is 3.11. The third-order valence-corrected chi connectivity index (χ3v) is 4.06. The van der Waals surface area contributed by atoms with Crippen LogP contribution in [0, 0.1) is 0 Å². The fraction of sp³-hybridized carbons (Fsp3) is 0.308. The number of alkyl halides is 3. The van der Waals surface area contributed by atoms with E-state index in [-0.39, 0.29) is 16.2 Å². The van der Waals surface area contributed by atoms with Crippen molar-refractivity contribution >= 4 is 28.8 Å². The molecule has 0 unspecified atom stereocenters. The Kier molecular flexibility index (Phi) is 4.45. The van der Waals surface area contributed by atoms with Crippen LogP contribution in [0.4, 0.5) is 13.2 Å². The standard InChI is InChI=1S/C13H10F3NO4S/c14-13(15,16)12(20)21-8-3-1-2-6(10(17)18)9(8)7-4-5-22-11(7)19/h1-3,7H,4-5H2,(H2,17,18)/t7-/m1/s1. The summed E-state index contributed by atoms with van der Waals surface area (Å²) >= 11 is 1.00. The second-order valence-electron chi connectivity index (χ2n) is 4.48. The first-order valence-corrected chi connectivity index (χ1v) is 7.08. The van der Waals surface area contributed by atoms with Crippen LogP contribution in [0.15, 0.2) is 18.2 Å². The van der Waals surface area contributed by atoms with E-state index in [1.807, 2.05) is 0 Å². The zero-order valence-electron chi connectivity index (χ0n) is 11.0. The third-order valence-electron chi connectivity index (χ3n) is 3.05. The van der Waals surface area contributed by atoms with E-state index >= 15 is 0 Å². The molecule has 2 N–H and O–H groups in total. The molecule has 1 aliphatic rings. The van der Waals surface area contributed by atoms with E-state index in [2.05, 4.69) is 4.74 Å². The molecule has 2 rings (SSSR count). The van der Waals surface area contributed by atoms with Crippen LogP contribution in [-0.2, 0) is 9.59 Å². The zero-order chi connectivity index (χ0) is 16.5. The number of ether oxygens (including phenoxy) is 1. The molecule has 0 aromatic heterocycles. The molecule has 0 bridgehead atoms. The van der Waals surface area contributed by atoms with Crippen LogP contribution < -0.4 is 10.5 Å². The Morgan fingerprint density at radius 2 is 2.00 bits per heavy atom.